The molecule has 4 heteroatoms. The van der Waals surface area contributed by atoms with E-state index in [9.17, 15) is 0 Å². The highest BCUT2D eigenvalue weighted by Gasteiger charge is 2.09. The maximum atomic E-state index is 5.96. The molecule has 0 amide bonds. The molecule has 80 valence electrons. The van der Waals surface area contributed by atoms with Crippen LogP contribution in [0.4, 0.5) is 5.69 Å². The summed E-state index contributed by atoms with van der Waals surface area (Å²) in [7, 11) is -1.37. The second-order valence-corrected chi connectivity index (χ2v) is 10.4. The van der Waals surface area contributed by atoms with Crippen LogP contribution in [0.3, 0.4) is 0 Å². The van der Waals surface area contributed by atoms with Crippen molar-refractivity contribution in [2.45, 2.75) is 19.6 Å². The van der Waals surface area contributed by atoms with Crippen molar-refractivity contribution in [1.82, 2.24) is 0 Å². The first-order valence-corrected chi connectivity index (χ1v) is 9.24. The van der Waals surface area contributed by atoms with Gasteiger partial charge in [-0.3, -0.25) is 0 Å². The van der Waals surface area contributed by atoms with Gasteiger partial charge in [0.05, 0.1) is 10.7 Å². The van der Waals surface area contributed by atoms with Crippen molar-refractivity contribution in [2.24, 2.45) is 0 Å². The fraction of sp³-hybridized carbons (Fsp3) is 0.273. The third-order valence-electron chi connectivity index (χ3n) is 1.67. The van der Waals surface area contributed by atoms with Gasteiger partial charge < -0.3 is 5.73 Å². The van der Waals surface area contributed by atoms with Crippen molar-refractivity contribution >= 4 is 41.3 Å². The summed E-state index contributed by atoms with van der Waals surface area (Å²) < 4.78 is 0.904. The van der Waals surface area contributed by atoms with Gasteiger partial charge in [0.15, 0.2) is 0 Å². The Labute approximate surface area is 105 Å². The molecule has 1 aromatic rings. The van der Waals surface area contributed by atoms with Crippen LogP contribution in [0.25, 0.3) is 0 Å². The van der Waals surface area contributed by atoms with E-state index >= 15 is 0 Å². The summed E-state index contributed by atoms with van der Waals surface area (Å²) in [5, 5.41) is 0.546. The van der Waals surface area contributed by atoms with E-state index < -0.39 is 8.07 Å². The molecule has 1 nitrogen and oxygen atoms in total. The average molecular weight is 303 g/mol. The minimum atomic E-state index is -1.37. The summed E-state index contributed by atoms with van der Waals surface area (Å²) in [6.45, 7) is 6.57. The fourth-order valence-electron chi connectivity index (χ4n) is 0.943. The number of hydrogen-bond donors (Lipinski definition) is 1. The van der Waals surface area contributed by atoms with Crippen molar-refractivity contribution in [3.8, 4) is 11.5 Å². The van der Waals surface area contributed by atoms with E-state index in [1.54, 1.807) is 6.07 Å². The Balaban J connectivity index is 3.20. The van der Waals surface area contributed by atoms with Crippen LogP contribution in [0.15, 0.2) is 16.6 Å². The van der Waals surface area contributed by atoms with Crippen LogP contribution in [0.2, 0.25) is 24.7 Å². The first-order chi connectivity index (χ1) is 6.79. The Morgan fingerprint density at radius 2 is 1.93 bits per heavy atom. The van der Waals surface area contributed by atoms with E-state index in [1.165, 1.54) is 0 Å². The zero-order valence-electron chi connectivity index (χ0n) is 8.99. The monoisotopic (exact) mass is 301 g/mol. The van der Waals surface area contributed by atoms with Gasteiger partial charge in [0, 0.05) is 10.0 Å². The summed E-state index contributed by atoms with van der Waals surface area (Å²) in [4.78, 5) is 0. The summed E-state index contributed by atoms with van der Waals surface area (Å²) in [5.41, 5.74) is 10.5. The van der Waals surface area contributed by atoms with Crippen molar-refractivity contribution in [3.63, 3.8) is 0 Å². The lowest BCUT2D eigenvalue weighted by molar-refractivity contribution is 1.59. The number of nitrogens with two attached hydrogens (primary N) is 1. The summed E-state index contributed by atoms with van der Waals surface area (Å²) in [6.07, 6.45) is 0. The minimum Gasteiger partial charge on any atom is -0.397 e. The topological polar surface area (TPSA) is 26.0 Å². The largest absolute Gasteiger partial charge is 0.397 e. The van der Waals surface area contributed by atoms with Gasteiger partial charge in [-0.05, 0) is 12.1 Å². The SMILES string of the molecule is C[Si](C)(C)C#Cc1cc(Br)cc(Cl)c1N. The van der Waals surface area contributed by atoms with Crippen molar-refractivity contribution in [2.75, 3.05) is 5.73 Å². The molecule has 0 fully saturated rings. The Morgan fingerprint density at radius 3 is 2.47 bits per heavy atom. The van der Waals surface area contributed by atoms with Crippen molar-refractivity contribution in [3.05, 3.63) is 27.2 Å². The maximum absolute atomic E-state index is 5.96. The van der Waals surface area contributed by atoms with Gasteiger partial charge in [-0.2, -0.15) is 0 Å². The average Bonchev–Trinajstić information content (AvgIpc) is 2.07. The summed E-state index contributed by atoms with van der Waals surface area (Å²) in [6, 6.07) is 3.67. The second-order valence-electron chi connectivity index (χ2n) is 4.35. The molecule has 0 aliphatic rings. The van der Waals surface area contributed by atoms with E-state index in [0.717, 1.165) is 10.0 Å². The van der Waals surface area contributed by atoms with Crippen LogP contribution >= 0.6 is 27.5 Å². The number of benzene rings is 1. The molecule has 0 aliphatic heterocycles. The maximum Gasteiger partial charge on any atom is 0.129 e. The number of halogens is 2. The van der Waals surface area contributed by atoms with Crippen LogP contribution < -0.4 is 5.73 Å². The van der Waals surface area contributed by atoms with Gasteiger partial charge in [-0.15, -0.1) is 5.54 Å². The van der Waals surface area contributed by atoms with Crippen LogP contribution in [-0.2, 0) is 0 Å². The lowest BCUT2D eigenvalue weighted by Crippen LogP contribution is -2.16. The number of hydrogen-bond acceptors (Lipinski definition) is 1. The van der Waals surface area contributed by atoms with Gasteiger partial charge in [-0.1, -0.05) is 53.1 Å². The smallest absolute Gasteiger partial charge is 0.129 e. The highest BCUT2D eigenvalue weighted by molar-refractivity contribution is 9.10. The molecule has 0 saturated heterocycles. The molecule has 0 atom stereocenters. The predicted octanol–water partition coefficient (Wildman–Crippen LogP) is 3.91. The van der Waals surface area contributed by atoms with Crippen LogP contribution in [-0.4, -0.2) is 8.07 Å². The highest BCUT2D eigenvalue weighted by atomic mass is 79.9. The Morgan fingerprint density at radius 1 is 1.33 bits per heavy atom. The van der Waals surface area contributed by atoms with Gasteiger partial charge in [0.25, 0.3) is 0 Å². The molecule has 1 aromatic carbocycles. The third-order valence-corrected chi connectivity index (χ3v) is 3.31. The lowest BCUT2D eigenvalue weighted by Gasteiger charge is -2.05. The highest BCUT2D eigenvalue weighted by Crippen LogP contribution is 2.27. The number of anilines is 1. The molecular formula is C11H13BrClNSi. The first kappa shape index (κ1) is 12.6. The van der Waals surface area contributed by atoms with E-state index in [0.29, 0.717) is 10.7 Å². The van der Waals surface area contributed by atoms with Crippen LogP contribution in [0, 0.1) is 11.5 Å². The molecule has 0 spiro atoms. The molecule has 15 heavy (non-hydrogen) atoms. The Hall–Kier alpha value is -0.433. The quantitative estimate of drug-likeness (QED) is 0.439. The first-order valence-electron chi connectivity index (χ1n) is 4.57. The van der Waals surface area contributed by atoms with Crippen LogP contribution in [0.1, 0.15) is 5.56 Å². The molecule has 2 N–H and O–H groups in total. The van der Waals surface area contributed by atoms with Gasteiger partial charge >= 0.3 is 0 Å². The van der Waals surface area contributed by atoms with Gasteiger partial charge in [0.1, 0.15) is 8.07 Å². The predicted molar refractivity (Wildman–Crippen MR) is 73.8 cm³/mol. The zero-order valence-corrected chi connectivity index (χ0v) is 12.3. The van der Waals surface area contributed by atoms with Crippen molar-refractivity contribution < 1.29 is 0 Å². The Kier molecular flexibility index (Phi) is 3.88. The molecule has 0 aliphatic carbocycles. The molecule has 0 saturated carbocycles. The van der Waals surface area contributed by atoms with E-state index in [-0.39, 0.29) is 0 Å². The lowest BCUT2D eigenvalue weighted by atomic mass is 10.2. The molecule has 0 bridgehead atoms. The van der Waals surface area contributed by atoms with E-state index in [1.807, 2.05) is 6.07 Å². The van der Waals surface area contributed by atoms with E-state index in [4.69, 9.17) is 17.3 Å². The summed E-state index contributed by atoms with van der Waals surface area (Å²) in [5.74, 6) is 3.11. The third kappa shape index (κ3) is 3.90. The minimum absolute atomic E-state index is 0.546. The van der Waals surface area contributed by atoms with Gasteiger partial charge in [-0.25, -0.2) is 0 Å². The fourth-order valence-corrected chi connectivity index (χ4v) is 2.26. The summed E-state index contributed by atoms with van der Waals surface area (Å²) >= 11 is 9.33. The molecule has 1 rings (SSSR count). The number of rotatable bonds is 0. The van der Waals surface area contributed by atoms with Crippen LogP contribution in [0.5, 0.6) is 0 Å². The molecule has 0 aromatic heterocycles. The van der Waals surface area contributed by atoms with Crippen molar-refractivity contribution in [1.29, 1.82) is 0 Å². The molecule has 0 unspecified atom stereocenters. The second kappa shape index (κ2) is 4.61. The Bertz CT molecular complexity index is 440. The molecule has 0 heterocycles. The molecule has 0 radical (unpaired) electrons. The number of nitrogen functional groups attached to an aromatic ring is 1. The molecular weight excluding hydrogens is 290 g/mol. The zero-order chi connectivity index (χ0) is 11.6. The van der Waals surface area contributed by atoms with Gasteiger partial charge in [0.2, 0.25) is 0 Å². The normalized spacial score (nSPS) is 10.7. The van der Waals surface area contributed by atoms with E-state index in [2.05, 4.69) is 47.0 Å². The standard InChI is InChI=1S/C11H13BrClNSi/c1-15(2,3)5-4-8-6-9(12)7-10(13)11(8)14/h6-7H,14H2,1-3H3.